The third kappa shape index (κ3) is 8.07. The summed E-state index contributed by atoms with van der Waals surface area (Å²) in [6, 6.07) is 4.96. The summed E-state index contributed by atoms with van der Waals surface area (Å²) >= 11 is 0. The predicted molar refractivity (Wildman–Crippen MR) is 115 cm³/mol. The Labute approximate surface area is 163 Å². The average molecular weight is 405 g/mol. The van der Waals surface area contributed by atoms with Crippen LogP contribution >= 0.6 is 0 Å². The van der Waals surface area contributed by atoms with E-state index in [0.29, 0.717) is 12.0 Å². The second kappa shape index (κ2) is 8.82. The molecule has 27 heavy (non-hydrogen) atoms. The van der Waals surface area contributed by atoms with Gasteiger partial charge in [-0.3, -0.25) is 0 Å². The lowest BCUT2D eigenvalue weighted by molar-refractivity contribution is -0.137. The van der Waals surface area contributed by atoms with E-state index in [0.717, 1.165) is 22.9 Å². The Bertz CT molecular complexity index is 823. The zero-order chi connectivity index (χ0) is 20.9. The van der Waals surface area contributed by atoms with E-state index in [1.165, 1.54) is 12.1 Å². The van der Waals surface area contributed by atoms with E-state index >= 15 is 0 Å². The molecule has 0 fully saturated rings. The molecule has 0 saturated carbocycles. The number of hydrogen-bond acceptors (Lipinski definition) is 0. The fraction of sp³-hybridized carbons (Fsp3) is 0.364. The van der Waals surface area contributed by atoms with Crippen molar-refractivity contribution in [2.24, 2.45) is 0 Å². The van der Waals surface area contributed by atoms with Gasteiger partial charge in [-0.2, -0.15) is 13.2 Å². The van der Waals surface area contributed by atoms with Gasteiger partial charge in [0.2, 0.25) is 0 Å². The highest BCUT2D eigenvalue weighted by atomic mass is 28.3. The van der Waals surface area contributed by atoms with Crippen LogP contribution in [0.5, 0.6) is 0 Å². The van der Waals surface area contributed by atoms with E-state index in [4.69, 9.17) is 0 Å². The highest BCUT2D eigenvalue weighted by Gasteiger charge is 2.29. The Morgan fingerprint density at radius 1 is 1.00 bits per heavy atom. The largest absolute Gasteiger partial charge is 0.416 e. The van der Waals surface area contributed by atoms with E-state index in [-0.39, 0.29) is 0 Å². The lowest BCUT2D eigenvalue weighted by Gasteiger charge is -2.18. The van der Waals surface area contributed by atoms with E-state index < -0.39 is 27.9 Å². The van der Waals surface area contributed by atoms with Crippen molar-refractivity contribution in [1.29, 1.82) is 0 Å². The lowest BCUT2D eigenvalue weighted by atomic mass is 10.1. The third-order valence-corrected chi connectivity index (χ3v) is 6.33. The highest BCUT2D eigenvalue weighted by molar-refractivity contribution is 6.85. The summed E-state index contributed by atoms with van der Waals surface area (Å²) < 4.78 is 38.1. The monoisotopic (exact) mass is 404 g/mol. The molecule has 0 atom stereocenters. The molecule has 0 bridgehead atoms. The molecule has 0 aliphatic carbocycles. The molecule has 0 aliphatic rings. The molecule has 1 aromatic rings. The van der Waals surface area contributed by atoms with Gasteiger partial charge in [0.15, 0.2) is 0 Å². The van der Waals surface area contributed by atoms with Crippen LogP contribution in [0.1, 0.15) is 17.5 Å². The molecule has 0 spiro atoms. The number of alkyl halides is 3. The Hall–Kier alpha value is -1.96. The molecule has 5 heteroatoms. The second-order valence-corrected chi connectivity index (χ2v) is 18.2. The summed E-state index contributed by atoms with van der Waals surface area (Å²) in [5.41, 5.74) is 4.29. The zero-order valence-electron chi connectivity index (χ0n) is 16.9. The fourth-order valence-electron chi connectivity index (χ4n) is 2.22. The van der Waals surface area contributed by atoms with Gasteiger partial charge in [-0.25, -0.2) is 0 Å². The van der Waals surface area contributed by atoms with Gasteiger partial charge in [-0.15, -0.1) is 12.1 Å². The van der Waals surface area contributed by atoms with E-state index in [1.54, 1.807) is 0 Å². The van der Waals surface area contributed by atoms with Crippen molar-refractivity contribution in [1.82, 2.24) is 0 Å². The average Bonchev–Trinajstić information content (AvgIpc) is 2.50. The molecule has 1 rings (SSSR count). The van der Waals surface area contributed by atoms with Crippen LogP contribution in [0.4, 0.5) is 13.2 Å². The minimum absolute atomic E-state index is 0.565. The molecule has 0 unspecified atom stereocenters. The van der Waals surface area contributed by atoms with Crippen LogP contribution in [-0.4, -0.2) is 16.1 Å². The quantitative estimate of drug-likeness (QED) is 0.299. The first kappa shape index (κ1) is 23.1. The van der Waals surface area contributed by atoms with Crippen LogP contribution in [-0.2, 0) is 6.18 Å². The summed E-state index contributed by atoms with van der Waals surface area (Å²) in [6.07, 6.45) is -1.86. The van der Waals surface area contributed by atoms with Crippen molar-refractivity contribution in [2.75, 3.05) is 0 Å². The fourth-order valence-corrected chi connectivity index (χ4v) is 4.25. The van der Waals surface area contributed by atoms with Gasteiger partial charge >= 0.3 is 6.18 Å². The Morgan fingerprint density at radius 3 is 1.96 bits per heavy atom. The standard InChI is InChI=1S/C22H27F3Si2/c1-8-9-19(16-17-26(2,3)4)21(27(5,6)7)15-12-18-10-13-20(14-11-18)22(23,24)25/h8,10-11,13-14H,1,9H2,2-7H3/b21-19-. The molecule has 144 valence electrons. The second-order valence-electron chi connectivity index (χ2n) is 8.42. The first-order chi connectivity index (χ1) is 12.2. The van der Waals surface area contributed by atoms with Gasteiger partial charge in [0.05, 0.1) is 13.6 Å². The van der Waals surface area contributed by atoms with Crippen molar-refractivity contribution in [3.8, 4) is 23.3 Å². The minimum Gasteiger partial charge on any atom is -0.166 e. The maximum absolute atomic E-state index is 12.7. The maximum Gasteiger partial charge on any atom is 0.416 e. The van der Waals surface area contributed by atoms with Crippen molar-refractivity contribution < 1.29 is 13.2 Å². The molecule has 0 amide bonds. The minimum atomic E-state index is -4.33. The smallest absolute Gasteiger partial charge is 0.166 e. The first-order valence-electron chi connectivity index (χ1n) is 8.81. The van der Waals surface area contributed by atoms with Gasteiger partial charge in [0, 0.05) is 11.1 Å². The molecule has 0 nitrogen and oxygen atoms in total. The van der Waals surface area contributed by atoms with Crippen molar-refractivity contribution in [3.63, 3.8) is 0 Å². The Kier molecular flexibility index (Phi) is 7.54. The normalized spacial score (nSPS) is 12.9. The van der Waals surface area contributed by atoms with Gasteiger partial charge in [0.1, 0.15) is 8.07 Å². The molecular formula is C22H27F3Si2. The molecular weight excluding hydrogens is 377 g/mol. The molecule has 0 aliphatic heterocycles. The predicted octanol–water partition coefficient (Wildman–Crippen LogP) is 6.69. The summed E-state index contributed by atoms with van der Waals surface area (Å²) in [6.45, 7) is 17.0. The highest BCUT2D eigenvalue weighted by Crippen LogP contribution is 2.29. The molecule has 0 saturated heterocycles. The first-order valence-corrected chi connectivity index (χ1v) is 15.8. The van der Waals surface area contributed by atoms with Crippen LogP contribution in [0.15, 0.2) is 47.7 Å². The number of benzene rings is 1. The Balaban J connectivity index is 3.42. The summed E-state index contributed by atoms with van der Waals surface area (Å²) in [5.74, 6) is 9.60. The van der Waals surface area contributed by atoms with E-state index in [9.17, 15) is 13.2 Å². The number of hydrogen-bond donors (Lipinski definition) is 0. The molecule has 1 aromatic carbocycles. The van der Waals surface area contributed by atoms with Crippen LogP contribution < -0.4 is 0 Å². The van der Waals surface area contributed by atoms with Gasteiger partial charge < -0.3 is 0 Å². The van der Waals surface area contributed by atoms with Crippen molar-refractivity contribution in [3.05, 3.63) is 58.8 Å². The summed E-state index contributed by atoms with van der Waals surface area (Å²) in [5, 5.41) is 1.04. The Morgan fingerprint density at radius 2 is 1.56 bits per heavy atom. The van der Waals surface area contributed by atoms with Crippen LogP contribution in [0.25, 0.3) is 0 Å². The van der Waals surface area contributed by atoms with Crippen LogP contribution in [0.3, 0.4) is 0 Å². The summed E-state index contributed by atoms with van der Waals surface area (Å²) in [7, 11) is -3.32. The van der Waals surface area contributed by atoms with Crippen LogP contribution in [0, 0.1) is 23.3 Å². The topological polar surface area (TPSA) is 0 Å². The summed E-state index contributed by atoms with van der Waals surface area (Å²) in [4.78, 5) is 0. The van der Waals surface area contributed by atoms with Gasteiger partial charge in [0.25, 0.3) is 0 Å². The van der Waals surface area contributed by atoms with E-state index in [1.807, 2.05) is 6.08 Å². The molecule has 0 heterocycles. The van der Waals surface area contributed by atoms with Gasteiger partial charge in [-0.05, 0) is 35.9 Å². The van der Waals surface area contributed by atoms with Crippen molar-refractivity contribution >= 4 is 16.1 Å². The maximum atomic E-state index is 12.7. The lowest BCUT2D eigenvalue weighted by Crippen LogP contribution is -2.25. The number of rotatable bonds is 3. The van der Waals surface area contributed by atoms with E-state index in [2.05, 4.69) is 69.2 Å². The van der Waals surface area contributed by atoms with Gasteiger partial charge in [-0.1, -0.05) is 63.1 Å². The molecule has 0 aromatic heterocycles. The SMILES string of the molecule is C=CC/C(C#C[Si](C)(C)C)=C(\C#Cc1ccc(C(F)(F)F)cc1)[Si](C)(C)C. The van der Waals surface area contributed by atoms with Crippen molar-refractivity contribution in [2.45, 2.75) is 51.9 Å². The molecule has 0 N–H and O–H groups in total. The number of allylic oxidation sites excluding steroid dienone is 3. The zero-order valence-corrected chi connectivity index (χ0v) is 18.9. The third-order valence-electron chi connectivity index (χ3n) is 3.53. The van der Waals surface area contributed by atoms with Crippen LogP contribution in [0.2, 0.25) is 39.3 Å². The molecule has 0 radical (unpaired) electrons. The number of halogens is 3.